The first-order valence-electron chi connectivity index (χ1n) is 33.6. The maximum atomic E-state index is 12.5. The SMILES string of the molecule is CCCCCC/C=C\CCCCCCCC(=O)OCCCCCCCCCCCCCCCCCCCCCCCC(=O)NC(CO)C(O)/C=C/CCCCCCCCCCCCCCCCCCCCCCC. The fourth-order valence-electron chi connectivity index (χ4n) is 10.6. The maximum Gasteiger partial charge on any atom is 0.305 e. The molecule has 0 heterocycles. The largest absolute Gasteiger partial charge is 0.466 e. The lowest BCUT2D eigenvalue weighted by Crippen LogP contribution is -2.45. The number of carbonyl (C=O) groups is 2. The van der Waals surface area contributed by atoms with Gasteiger partial charge in [0.1, 0.15) is 0 Å². The summed E-state index contributed by atoms with van der Waals surface area (Å²) in [5, 5.41) is 23.3. The average molecular weight is 1040 g/mol. The Hall–Kier alpha value is -1.66. The van der Waals surface area contributed by atoms with Gasteiger partial charge in [0.05, 0.1) is 25.4 Å². The van der Waals surface area contributed by atoms with Crippen molar-refractivity contribution in [1.82, 2.24) is 5.32 Å². The molecule has 438 valence electrons. The molecule has 0 bridgehead atoms. The van der Waals surface area contributed by atoms with Crippen molar-refractivity contribution in [2.75, 3.05) is 13.2 Å². The molecule has 1 amide bonds. The summed E-state index contributed by atoms with van der Waals surface area (Å²) in [6.45, 7) is 4.92. The van der Waals surface area contributed by atoms with Crippen molar-refractivity contribution >= 4 is 11.9 Å². The molecule has 0 aliphatic carbocycles. The number of aliphatic hydroxyl groups is 2. The van der Waals surface area contributed by atoms with Gasteiger partial charge in [0.25, 0.3) is 0 Å². The summed E-state index contributed by atoms with van der Waals surface area (Å²) < 4.78 is 5.48. The summed E-state index contributed by atoms with van der Waals surface area (Å²) in [6, 6.07) is -0.630. The third kappa shape index (κ3) is 59.6. The lowest BCUT2D eigenvalue weighted by atomic mass is 10.0. The van der Waals surface area contributed by atoms with E-state index >= 15 is 0 Å². The Morgan fingerprint density at radius 3 is 0.973 bits per heavy atom. The summed E-state index contributed by atoms with van der Waals surface area (Å²) in [4.78, 5) is 24.6. The van der Waals surface area contributed by atoms with Crippen LogP contribution in [0.4, 0.5) is 0 Å². The van der Waals surface area contributed by atoms with Gasteiger partial charge in [0.15, 0.2) is 0 Å². The molecule has 2 atom stereocenters. The van der Waals surface area contributed by atoms with Crippen molar-refractivity contribution in [3.8, 4) is 0 Å². The number of hydrogen-bond donors (Lipinski definition) is 3. The zero-order valence-electron chi connectivity index (χ0n) is 50.1. The van der Waals surface area contributed by atoms with Gasteiger partial charge in [-0.25, -0.2) is 0 Å². The lowest BCUT2D eigenvalue weighted by Gasteiger charge is -2.20. The van der Waals surface area contributed by atoms with Gasteiger partial charge in [-0.05, 0) is 57.8 Å². The fourth-order valence-corrected chi connectivity index (χ4v) is 10.6. The van der Waals surface area contributed by atoms with Crippen LogP contribution in [0, 0.1) is 0 Å². The number of rotatable bonds is 63. The average Bonchev–Trinajstić information content (AvgIpc) is 3.40. The van der Waals surface area contributed by atoms with Gasteiger partial charge in [-0.1, -0.05) is 327 Å². The number of nitrogens with one attached hydrogen (secondary N) is 1. The van der Waals surface area contributed by atoms with Crippen LogP contribution >= 0.6 is 0 Å². The molecule has 0 saturated carbocycles. The Bertz CT molecular complexity index is 1150. The zero-order valence-corrected chi connectivity index (χ0v) is 50.1. The van der Waals surface area contributed by atoms with Crippen molar-refractivity contribution in [3.63, 3.8) is 0 Å². The molecule has 74 heavy (non-hydrogen) atoms. The monoisotopic (exact) mass is 1040 g/mol. The number of amides is 1. The molecule has 0 aromatic heterocycles. The highest BCUT2D eigenvalue weighted by Crippen LogP contribution is 2.18. The Balaban J connectivity index is 3.42. The summed E-state index contributed by atoms with van der Waals surface area (Å²) in [6.07, 6.45) is 79.5. The van der Waals surface area contributed by atoms with E-state index in [9.17, 15) is 19.8 Å². The van der Waals surface area contributed by atoms with E-state index in [1.165, 1.54) is 302 Å². The Labute approximate surface area is 462 Å². The number of hydrogen-bond acceptors (Lipinski definition) is 5. The van der Waals surface area contributed by atoms with E-state index in [2.05, 4.69) is 31.3 Å². The molecule has 3 N–H and O–H groups in total. The van der Waals surface area contributed by atoms with Crippen LogP contribution in [0.1, 0.15) is 373 Å². The van der Waals surface area contributed by atoms with Gasteiger partial charge in [-0.2, -0.15) is 0 Å². The molecular formula is C68H131NO5. The van der Waals surface area contributed by atoms with Crippen LogP contribution in [-0.2, 0) is 14.3 Å². The highest BCUT2D eigenvalue weighted by Gasteiger charge is 2.18. The first-order chi connectivity index (χ1) is 36.5. The maximum absolute atomic E-state index is 12.5. The first kappa shape index (κ1) is 72.3. The first-order valence-corrected chi connectivity index (χ1v) is 33.6. The van der Waals surface area contributed by atoms with Crippen molar-refractivity contribution < 1.29 is 24.5 Å². The van der Waals surface area contributed by atoms with Crippen LogP contribution in [0.15, 0.2) is 24.3 Å². The smallest absolute Gasteiger partial charge is 0.305 e. The van der Waals surface area contributed by atoms with Crippen LogP contribution in [0.5, 0.6) is 0 Å². The van der Waals surface area contributed by atoms with Gasteiger partial charge >= 0.3 is 5.97 Å². The van der Waals surface area contributed by atoms with E-state index in [-0.39, 0.29) is 18.5 Å². The summed E-state index contributed by atoms with van der Waals surface area (Å²) in [5.74, 6) is -0.0622. The van der Waals surface area contributed by atoms with Crippen molar-refractivity contribution in [1.29, 1.82) is 0 Å². The molecule has 0 aromatic carbocycles. The van der Waals surface area contributed by atoms with Crippen LogP contribution in [-0.4, -0.2) is 47.4 Å². The van der Waals surface area contributed by atoms with E-state index in [0.29, 0.717) is 19.4 Å². The molecule has 0 fully saturated rings. The van der Waals surface area contributed by atoms with Crippen LogP contribution < -0.4 is 5.32 Å². The van der Waals surface area contributed by atoms with Crippen molar-refractivity contribution in [2.24, 2.45) is 0 Å². The number of carbonyl (C=O) groups excluding carboxylic acids is 2. The molecule has 0 saturated heterocycles. The second-order valence-corrected chi connectivity index (χ2v) is 23.2. The number of esters is 1. The van der Waals surface area contributed by atoms with E-state index in [1.54, 1.807) is 6.08 Å². The molecule has 0 rings (SSSR count). The molecule has 0 aromatic rings. The zero-order chi connectivity index (χ0) is 53.6. The number of aliphatic hydroxyl groups excluding tert-OH is 2. The molecule has 2 unspecified atom stereocenters. The normalized spacial score (nSPS) is 12.6. The third-order valence-corrected chi connectivity index (χ3v) is 15.7. The van der Waals surface area contributed by atoms with Crippen LogP contribution in [0.25, 0.3) is 0 Å². The minimum atomic E-state index is -0.846. The highest BCUT2D eigenvalue weighted by atomic mass is 16.5. The summed E-state index contributed by atoms with van der Waals surface area (Å²) in [5.41, 5.74) is 0. The minimum Gasteiger partial charge on any atom is -0.466 e. The highest BCUT2D eigenvalue weighted by molar-refractivity contribution is 5.76. The molecule has 6 nitrogen and oxygen atoms in total. The van der Waals surface area contributed by atoms with Gasteiger partial charge in [-0.15, -0.1) is 0 Å². The molecule has 0 radical (unpaired) electrons. The molecular weight excluding hydrogens is 911 g/mol. The second kappa shape index (κ2) is 63.9. The molecule has 0 aliphatic heterocycles. The number of ether oxygens (including phenoxy) is 1. The van der Waals surface area contributed by atoms with Crippen molar-refractivity contribution in [2.45, 2.75) is 386 Å². The standard InChI is InChI=1S/C68H131NO5/c1-3-5-7-9-11-13-15-17-18-19-20-21-22-24-27-30-33-37-40-44-48-52-56-60-66(71)65(64-70)69-67(72)61-57-53-49-45-41-38-34-31-28-25-23-26-29-32-35-39-43-47-51-55-59-63-74-68(73)62-58-54-50-46-42-36-16-14-12-10-8-6-4-2/h14,16,56,60,65-66,70-71H,3-13,15,17-55,57-59,61-64H2,1-2H3,(H,69,72)/b16-14-,60-56+. The number of unbranched alkanes of at least 4 members (excludes halogenated alkanes) is 50. The van der Waals surface area contributed by atoms with Gasteiger partial charge in [0.2, 0.25) is 5.91 Å². The van der Waals surface area contributed by atoms with Crippen LogP contribution in [0.2, 0.25) is 0 Å². The Morgan fingerprint density at radius 1 is 0.365 bits per heavy atom. The Morgan fingerprint density at radius 2 is 0.635 bits per heavy atom. The fraction of sp³-hybridized carbons (Fsp3) is 0.912. The summed E-state index contributed by atoms with van der Waals surface area (Å²) in [7, 11) is 0. The van der Waals surface area contributed by atoms with Gasteiger partial charge in [0, 0.05) is 12.8 Å². The molecule has 0 spiro atoms. The van der Waals surface area contributed by atoms with Crippen molar-refractivity contribution in [3.05, 3.63) is 24.3 Å². The van der Waals surface area contributed by atoms with E-state index < -0.39 is 12.1 Å². The second-order valence-electron chi connectivity index (χ2n) is 23.2. The van der Waals surface area contributed by atoms with E-state index in [1.807, 2.05) is 6.08 Å². The van der Waals surface area contributed by atoms with Gasteiger partial charge in [-0.3, -0.25) is 9.59 Å². The predicted octanol–water partition coefficient (Wildman–Crippen LogP) is 21.4. The Kier molecular flexibility index (Phi) is 62.4. The quantitative estimate of drug-likeness (QED) is 0.0320. The predicted molar refractivity (Wildman–Crippen MR) is 324 cm³/mol. The van der Waals surface area contributed by atoms with E-state index in [4.69, 9.17) is 4.74 Å². The minimum absolute atomic E-state index is 0.00283. The summed E-state index contributed by atoms with van der Waals surface area (Å²) >= 11 is 0. The molecule has 6 heteroatoms. The number of allylic oxidation sites excluding steroid dienone is 3. The third-order valence-electron chi connectivity index (χ3n) is 15.7. The topological polar surface area (TPSA) is 95.9 Å². The lowest BCUT2D eigenvalue weighted by molar-refractivity contribution is -0.143. The van der Waals surface area contributed by atoms with Gasteiger partial charge < -0.3 is 20.3 Å². The molecule has 0 aliphatic rings. The van der Waals surface area contributed by atoms with E-state index in [0.717, 1.165) is 44.9 Å². The van der Waals surface area contributed by atoms with Crippen LogP contribution in [0.3, 0.4) is 0 Å².